The highest BCUT2D eigenvalue weighted by Crippen LogP contribution is 2.46. The molecule has 0 saturated carbocycles. The monoisotopic (exact) mass is 373 g/mol. The second kappa shape index (κ2) is 6.29. The summed E-state index contributed by atoms with van der Waals surface area (Å²) in [5.74, 6) is -0.00127. The van der Waals surface area contributed by atoms with Crippen LogP contribution in [0.25, 0.3) is 0 Å². The first kappa shape index (κ1) is 19.2. The molecule has 1 saturated heterocycles. The van der Waals surface area contributed by atoms with Crippen LogP contribution in [0.5, 0.6) is 0 Å². The van der Waals surface area contributed by atoms with Crippen molar-refractivity contribution in [2.45, 2.75) is 50.4 Å². The Morgan fingerprint density at radius 1 is 1.29 bits per heavy atom. The highest BCUT2D eigenvalue weighted by molar-refractivity contribution is 8.71. The Morgan fingerprint density at radius 3 is 2.38 bits per heavy atom. The van der Waals surface area contributed by atoms with E-state index in [1.54, 1.807) is 19.1 Å². The van der Waals surface area contributed by atoms with Crippen molar-refractivity contribution in [3.8, 4) is 0 Å². The summed E-state index contributed by atoms with van der Waals surface area (Å²) >= 11 is 0. The molecule has 0 spiro atoms. The van der Waals surface area contributed by atoms with E-state index in [4.69, 9.17) is 0 Å². The molecule has 9 heteroatoms. The van der Waals surface area contributed by atoms with Gasteiger partial charge in [0, 0.05) is 29.2 Å². The topological polar surface area (TPSA) is 100 Å². The first-order valence-corrected chi connectivity index (χ1v) is 10.9. The summed E-state index contributed by atoms with van der Waals surface area (Å²) in [5.41, 5.74) is -0.575. The summed E-state index contributed by atoms with van der Waals surface area (Å²) in [6, 6.07) is 4.65. The van der Waals surface area contributed by atoms with E-state index in [0.29, 0.717) is 34.8 Å². The Morgan fingerprint density at radius 2 is 1.92 bits per heavy atom. The average Bonchev–Trinajstić information content (AvgIpc) is 2.69. The maximum atomic E-state index is 12.6. The van der Waals surface area contributed by atoms with Gasteiger partial charge in [-0.2, -0.15) is 0 Å². The van der Waals surface area contributed by atoms with E-state index >= 15 is 0 Å². The van der Waals surface area contributed by atoms with Crippen molar-refractivity contribution in [2.24, 2.45) is 0 Å². The smallest absolute Gasteiger partial charge is 0.258 e. The van der Waals surface area contributed by atoms with Gasteiger partial charge in [0.05, 0.1) is 10.5 Å². The predicted octanol–water partition coefficient (Wildman–Crippen LogP) is 3.22. The number of rotatable bonds is 5. The predicted molar refractivity (Wildman–Crippen MR) is 92.4 cm³/mol. The molecule has 1 aromatic rings. The van der Waals surface area contributed by atoms with E-state index in [2.05, 4.69) is 0 Å². The van der Waals surface area contributed by atoms with Crippen molar-refractivity contribution in [3.05, 3.63) is 39.4 Å². The molecule has 0 aliphatic carbocycles. The molecule has 1 aliphatic rings. The zero-order valence-electron chi connectivity index (χ0n) is 14.1. The van der Waals surface area contributed by atoms with Crippen LogP contribution in [0.1, 0.15) is 44.7 Å². The SMILES string of the molecule is CC1(C)CCC(C)(c2ccc(CSS(C)(=O)=O)c([N+](=O)[O-])c2)N1[O]. The van der Waals surface area contributed by atoms with Gasteiger partial charge in [0.15, 0.2) is 8.87 Å². The highest BCUT2D eigenvalue weighted by atomic mass is 33.1. The van der Waals surface area contributed by atoms with Crippen LogP contribution in [0.15, 0.2) is 18.2 Å². The van der Waals surface area contributed by atoms with Crippen molar-refractivity contribution in [2.75, 3.05) is 6.26 Å². The van der Waals surface area contributed by atoms with Gasteiger partial charge in [-0.15, -0.1) is 10.3 Å². The number of hydrogen-bond donors (Lipinski definition) is 0. The van der Waals surface area contributed by atoms with Crippen molar-refractivity contribution in [3.63, 3.8) is 0 Å². The van der Waals surface area contributed by atoms with Gasteiger partial charge in [-0.1, -0.05) is 12.1 Å². The molecule has 2 rings (SSSR count). The molecule has 133 valence electrons. The molecule has 0 bridgehead atoms. The van der Waals surface area contributed by atoms with Gasteiger partial charge < -0.3 is 0 Å². The summed E-state index contributed by atoms with van der Waals surface area (Å²) in [6.07, 6.45) is 2.37. The van der Waals surface area contributed by atoms with E-state index < -0.39 is 24.9 Å². The van der Waals surface area contributed by atoms with E-state index in [-0.39, 0.29) is 11.4 Å². The molecule has 1 heterocycles. The lowest BCUT2D eigenvalue weighted by molar-refractivity contribution is -0.385. The number of benzene rings is 1. The van der Waals surface area contributed by atoms with Crippen LogP contribution in [0.4, 0.5) is 5.69 Å². The van der Waals surface area contributed by atoms with Gasteiger partial charge in [-0.3, -0.25) is 10.1 Å². The molecule has 24 heavy (non-hydrogen) atoms. The molecule has 1 aromatic carbocycles. The van der Waals surface area contributed by atoms with Crippen LogP contribution in [0, 0.1) is 10.1 Å². The van der Waals surface area contributed by atoms with E-state index in [9.17, 15) is 23.7 Å². The quantitative estimate of drug-likeness (QED) is 0.446. The van der Waals surface area contributed by atoms with Crippen LogP contribution >= 0.6 is 10.8 Å². The van der Waals surface area contributed by atoms with Gasteiger partial charge in [0.1, 0.15) is 0 Å². The molecule has 1 aliphatic heterocycles. The molecule has 1 radical (unpaired) electrons. The van der Waals surface area contributed by atoms with E-state index in [1.165, 1.54) is 6.07 Å². The van der Waals surface area contributed by atoms with Crippen molar-refractivity contribution in [1.29, 1.82) is 0 Å². The molecule has 0 aromatic heterocycles. The Labute approximate surface area is 145 Å². The largest absolute Gasteiger partial charge is 0.273 e. The molecule has 0 N–H and O–H groups in total. The second-order valence-corrected chi connectivity index (χ2v) is 11.4. The summed E-state index contributed by atoms with van der Waals surface area (Å²) in [5, 5.41) is 25.0. The number of hydrogen-bond acceptors (Lipinski definition) is 6. The summed E-state index contributed by atoms with van der Waals surface area (Å²) in [4.78, 5) is 10.9. The lowest BCUT2D eigenvalue weighted by atomic mass is 9.89. The second-order valence-electron chi connectivity index (χ2n) is 6.95. The lowest BCUT2D eigenvalue weighted by Gasteiger charge is -2.35. The molecular formula is C15H21N2O5S2. The van der Waals surface area contributed by atoms with Gasteiger partial charge in [0.25, 0.3) is 5.69 Å². The number of nitro benzene ring substituents is 1. The third kappa shape index (κ3) is 3.74. The van der Waals surface area contributed by atoms with Crippen LogP contribution < -0.4 is 0 Å². The average molecular weight is 373 g/mol. The van der Waals surface area contributed by atoms with Crippen molar-refractivity contribution < 1.29 is 18.5 Å². The van der Waals surface area contributed by atoms with Crippen molar-refractivity contribution >= 4 is 25.4 Å². The minimum atomic E-state index is -3.29. The molecule has 1 atom stereocenters. The highest BCUT2D eigenvalue weighted by Gasteiger charge is 2.49. The first-order chi connectivity index (χ1) is 10.9. The maximum absolute atomic E-state index is 12.6. The minimum absolute atomic E-state index is 0.00127. The molecule has 1 fully saturated rings. The van der Waals surface area contributed by atoms with Crippen molar-refractivity contribution in [1.82, 2.24) is 5.06 Å². The van der Waals surface area contributed by atoms with E-state index in [0.717, 1.165) is 11.3 Å². The van der Waals surface area contributed by atoms with Gasteiger partial charge >= 0.3 is 0 Å². The normalized spacial score (nSPS) is 24.2. The number of nitrogens with zero attached hydrogens (tertiary/aromatic N) is 2. The fraction of sp³-hybridized carbons (Fsp3) is 0.600. The summed E-state index contributed by atoms with van der Waals surface area (Å²) in [7, 11) is -2.64. The maximum Gasteiger partial charge on any atom is 0.273 e. The van der Waals surface area contributed by atoms with Crippen LogP contribution in [0.2, 0.25) is 0 Å². The zero-order valence-corrected chi connectivity index (χ0v) is 15.7. The lowest BCUT2D eigenvalue weighted by Crippen LogP contribution is -2.44. The number of hydroxylamine groups is 2. The fourth-order valence-corrected chi connectivity index (χ4v) is 4.65. The Balaban J connectivity index is 2.41. The minimum Gasteiger partial charge on any atom is -0.258 e. The van der Waals surface area contributed by atoms with E-state index in [1.807, 2.05) is 13.8 Å². The van der Waals surface area contributed by atoms with Gasteiger partial charge in [0.2, 0.25) is 0 Å². The fourth-order valence-electron chi connectivity index (χ4n) is 3.04. The Bertz CT molecular complexity index is 763. The summed E-state index contributed by atoms with van der Waals surface area (Å²) in [6.45, 7) is 5.51. The van der Waals surface area contributed by atoms with Gasteiger partial charge in [-0.25, -0.2) is 8.42 Å². The third-order valence-electron chi connectivity index (χ3n) is 4.55. The van der Waals surface area contributed by atoms with Crippen LogP contribution in [-0.2, 0) is 25.4 Å². The van der Waals surface area contributed by atoms with Crippen LogP contribution in [0.3, 0.4) is 0 Å². The molecule has 7 nitrogen and oxygen atoms in total. The zero-order chi connectivity index (χ0) is 18.3. The molecule has 1 unspecified atom stereocenters. The molecular weight excluding hydrogens is 352 g/mol. The first-order valence-electron chi connectivity index (χ1n) is 7.46. The van der Waals surface area contributed by atoms with Crippen LogP contribution in [-0.4, -0.2) is 30.2 Å². The Hall–Kier alpha value is -1.16. The number of nitro groups is 1. The molecule has 0 amide bonds. The Kier molecular flexibility index (Phi) is 5.02. The standard InChI is InChI=1S/C15H21N2O5S2/c1-14(2)7-8-15(3,17(14)20)12-6-5-11(10-23-24(4,21)22)13(9-12)16(18)19/h5-6,9H,7-8,10H2,1-4H3. The third-order valence-corrected chi connectivity index (χ3v) is 7.05. The summed E-state index contributed by atoms with van der Waals surface area (Å²) < 4.78 is 22.5. The van der Waals surface area contributed by atoms with Gasteiger partial charge in [-0.05, 0) is 50.0 Å².